The molecule has 0 radical (unpaired) electrons. The Morgan fingerprint density at radius 2 is 2.42 bits per heavy atom. The van der Waals surface area contributed by atoms with Crippen LogP contribution in [0.15, 0.2) is 24.3 Å². The largest absolute Gasteiger partial charge is 0.477 e. The Morgan fingerprint density at radius 3 is 3.26 bits per heavy atom. The van der Waals surface area contributed by atoms with Crippen molar-refractivity contribution in [3.05, 3.63) is 24.3 Å². The molecule has 0 fully saturated rings. The predicted molar refractivity (Wildman–Crippen MR) is 78.5 cm³/mol. The summed E-state index contributed by atoms with van der Waals surface area (Å²) < 4.78 is 5.66. The van der Waals surface area contributed by atoms with Crippen LogP contribution in [-0.4, -0.2) is 36.6 Å². The molecule has 0 aliphatic carbocycles. The molecule has 1 aromatic carbocycles. The number of hydrogen-bond acceptors (Lipinski definition) is 4. The van der Waals surface area contributed by atoms with Gasteiger partial charge in [0.2, 0.25) is 0 Å². The normalized spacial score (nSPS) is 16.5. The summed E-state index contributed by atoms with van der Waals surface area (Å²) in [5, 5.41) is 6.04. The van der Waals surface area contributed by atoms with Crippen molar-refractivity contribution < 1.29 is 9.53 Å². The molecule has 0 aromatic heterocycles. The molecule has 1 aliphatic rings. The first-order valence-corrected chi connectivity index (χ1v) is 7.25. The van der Waals surface area contributed by atoms with Crippen molar-refractivity contribution >= 4 is 23.4 Å². The summed E-state index contributed by atoms with van der Waals surface area (Å²) in [6.45, 7) is 1.09. The number of amides is 1. The molecule has 0 saturated heterocycles. The number of benzene rings is 1. The monoisotopic (exact) mass is 276 g/mol. The standard InChI is InChI=1S/C14H16N2O2S/c1-2-8-19-9-7-15-14(17)13-10-16-11-5-3-4-6-12(11)18-13/h1,3-6,13,16H,7-10H2,(H,15,17). The molecule has 1 unspecified atom stereocenters. The third-order valence-corrected chi connectivity index (χ3v) is 3.52. The highest BCUT2D eigenvalue weighted by molar-refractivity contribution is 7.99. The minimum absolute atomic E-state index is 0.0942. The number of para-hydroxylation sites is 2. The zero-order valence-electron chi connectivity index (χ0n) is 10.5. The molecule has 4 nitrogen and oxygen atoms in total. The van der Waals surface area contributed by atoms with Gasteiger partial charge in [-0.3, -0.25) is 4.79 Å². The van der Waals surface area contributed by atoms with Gasteiger partial charge >= 0.3 is 0 Å². The van der Waals surface area contributed by atoms with E-state index in [1.807, 2.05) is 24.3 Å². The molecule has 100 valence electrons. The number of fused-ring (bicyclic) bond motifs is 1. The number of carbonyl (C=O) groups excluding carboxylic acids is 1. The van der Waals surface area contributed by atoms with Crippen LogP contribution in [-0.2, 0) is 4.79 Å². The zero-order chi connectivity index (χ0) is 13.5. The number of anilines is 1. The van der Waals surface area contributed by atoms with E-state index in [2.05, 4.69) is 16.6 Å². The fraction of sp³-hybridized carbons (Fsp3) is 0.357. The van der Waals surface area contributed by atoms with Crippen molar-refractivity contribution in [3.8, 4) is 18.1 Å². The molecule has 1 atom stereocenters. The van der Waals surface area contributed by atoms with E-state index in [-0.39, 0.29) is 5.91 Å². The first-order chi connectivity index (χ1) is 9.31. The Labute approximate surface area is 117 Å². The van der Waals surface area contributed by atoms with E-state index in [0.717, 1.165) is 17.2 Å². The van der Waals surface area contributed by atoms with E-state index in [4.69, 9.17) is 11.2 Å². The fourth-order valence-electron chi connectivity index (χ4n) is 1.75. The lowest BCUT2D eigenvalue weighted by Gasteiger charge is -2.26. The van der Waals surface area contributed by atoms with E-state index in [9.17, 15) is 4.79 Å². The smallest absolute Gasteiger partial charge is 0.262 e. The highest BCUT2D eigenvalue weighted by Gasteiger charge is 2.24. The summed E-state index contributed by atoms with van der Waals surface area (Å²) in [4.78, 5) is 11.9. The number of carbonyl (C=O) groups is 1. The molecule has 1 aromatic rings. The number of nitrogens with one attached hydrogen (secondary N) is 2. The molecule has 19 heavy (non-hydrogen) atoms. The average Bonchev–Trinajstić information content (AvgIpc) is 2.46. The number of rotatable bonds is 5. The van der Waals surface area contributed by atoms with Gasteiger partial charge in [-0.15, -0.1) is 18.2 Å². The van der Waals surface area contributed by atoms with Crippen LogP contribution in [0.5, 0.6) is 5.75 Å². The maximum Gasteiger partial charge on any atom is 0.262 e. The van der Waals surface area contributed by atoms with Gasteiger partial charge in [-0.25, -0.2) is 0 Å². The first kappa shape index (κ1) is 13.6. The molecule has 0 spiro atoms. The molecule has 0 saturated carbocycles. The Morgan fingerprint density at radius 1 is 1.58 bits per heavy atom. The maximum absolute atomic E-state index is 11.9. The molecule has 1 heterocycles. The van der Waals surface area contributed by atoms with Crippen LogP contribution in [0.1, 0.15) is 0 Å². The van der Waals surface area contributed by atoms with Crippen LogP contribution in [0, 0.1) is 12.3 Å². The molecule has 0 bridgehead atoms. The molecule has 2 rings (SSSR count). The Hall–Kier alpha value is -1.80. The van der Waals surface area contributed by atoms with Crippen molar-refractivity contribution in [2.45, 2.75) is 6.10 Å². The second kappa shape index (κ2) is 6.95. The van der Waals surface area contributed by atoms with Gasteiger partial charge in [0.05, 0.1) is 18.0 Å². The van der Waals surface area contributed by atoms with Crippen LogP contribution in [0.2, 0.25) is 0 Å². The predicted octanol–water partition coefficient (Wildman–Crippen LogP) is 1.34. The van der Waals surface area contributed by atoms with Crippen LogP contribution in [0.25, 0.3) is 0 Å². The van der Waals surface area contributed by atoms with Crippen molar-refractivity contribution in [2.75, 3.05) is 29.9 Å². The van der Waals surface area contributed by atoms with Gasteiger partial charge in [0, 0.05) is 12.3 Å². The topological polar surface area (TPSA) is 50.4 Å². The van der Waals surface area contributed by atoms with Crippen molar-refractivity contribution in [3.63, 3.8) is 0 Å². The zero-order valence-corrected chi connectivity index (χ0v) is 11.3. The third kappa shape index (κ3) is 3.83. The van der Waals surface area contributed by atoms with Gasteiger partial charge in [-0.1, -0.05) is 18.1 Å². The van der Waals surface area contributed by atoms with Crippen LogP contribution in [0.4, 0.5) is 5.69 Å². The van der Waals surface area contributed by atoms with Gasteiger partial charge in [0.15, 0.2) is 6.10 Å². The molecule has 1 amide bonds. The van der Waals surface area contributed by atoms with Crippen LogP contribution < -0.4 is 15.4 Å². The van der Waals surface area contributed by atoms with Gasteiger partial charge in [0.1, 0.15) is 5.75 Å². The van der Waals surface area contributed by atoms with E-state index >= 15 is 0 Å². The summed E-state index contributed by atoms with van der Waals surface area (Å²) >= 11 is 1.62. The van der Waals surface area contributed by atoms with E-state index in [1.165, 1.54) is 0 Å². The Balaban J connectivity index is 1.78. The fourth-order valence-corrected chi connectivity index (χ4v) is 2.26. The minimum Gasteiger partial charge on any atom is -0.477 e. The van der Waals surface area contributed by atoms with Gasteiger partial charge in [-0.05, 0) is 12.1 Å². The molecular formula is C14H16N2O2S. The van der Waals surface area contributed by atoms with Gasteiger partial charge in [-0.2, -0.15) is 0 Å². The van der Waals surface area contributed by atoms with Crippen molar-refractivity contribution in [2.24, 2.45) is 0 Å². The molecule has 5 heteroatoms. The molecule has 1 aliphatic heterocycles. The highest BCUT2D eigenvalue weighted by atomic mass is 32.2. The third-order valence-electron chi connectivity index (χ3n) is 2.66. The number of terminal acetylenes is 1. The summed E-state index contributed by atoms with van der Waals surface area (Å²) in [6, 6.07) is 7.60. The average molecular weight is 276 g/mol. The second-order valence-corrected chi connectivity index (χ2v) is 5.14. The molecular weight excluding hydrogens is 260 g/mol. The lowest BCUT2D eigenvalue weighted by atomic mass is 10.2. The number of thioether (sulfide) groups is 1. The summed E-state index contributed by atoms with van der Waals surface area (Å²) in [5.74, 6) is 4.65. The Bertz CT molecular complexity index is 485. The lowest BCUT2D eigenvalue weighted by molar-refractivity contribution is -0.127. The van der Waals surface area contributed by atoms with E-state index in [1.54, 1.807) is 11.8 Å². The first-order valence-electron chi connectivity index (χ1n) is 6.09. The number of hydrogen-bond donors (Lipinski definition) is 2. The summed E-state index contributed by atoms with van der Waals surface area (Å²) in [5.41, 5.74) is 0.927. The maximum atomic E-state index is 11.9. The Kier molecular flexibility index (Phi) is 4.99. The second-order valence-electron chi connectivity index (χ2n) is 4.03. The minimum atomic E-state index is -0.479. The lowest BCUT2D eigenvalue weighted by Crippen LogP contribution is -2.45. The van der Waals surface area contributed by atoms with E-state index < -0.39 is 6.10 Å². The summed E-state index contributed by atoms with van der Waals surface area (Å²) in [6.07, 6.45) is 4.67. The van der Waals surface area contributed by atoms with Gasteiger partial charge < -0.3 is 15.4 Å². The van der Waals surface area contributed by atoms with Crippen LogP contribution >= 0.6 is 11.8 Å². The van der Waals surface area contributed by atoms with Crippen molar-refractivity contribution in [1.29, 1.82) is 0 Å². The highest BCUT2D eigenvalue weighted by Crippen LogP contribution is 2.28. The van der Waals surface area contributed by atoms with Gasteiger partial charge in [0.25, 0.3) is 5.91 Å². The SMILES string of the molecule is C#CCSCCNC(=O)C1CNc2ccccc2O1. The molecule has 2 N–H and O–H groups in total. The number of ether oxygens (including phenoxy) is 1. The van der Waals surface area contributed by atoms with Crippen LogP contribution in [0.3, 0.4) is 0 Å². The summed E-state index contributed by atoms with van der Waals surface area (Å²) in [7, 11) is 0. The quantitative estimate of drug-likeness (QED) is 0.629. The van der Waals surface area contributed by atoms with Crippen molar-refractivity contribution in [1.82, 2.24) is 5.32 Å². The van der Waals surface area contributed by atoms with E-state index in [0.29, 0.717) is 18.8 Å².